The van der Waals surface area contributed by atoms with E-state index in [1.54, 1.807) is 12.5 Å². The van der Waals surface area contributed by atoms with Crippen molar-refractivity contribution in [2.45, 2.75) is 33.0 Å². The zero-order chi connectivity index (χ0) is 19.6. The lowest BCUT2D eigenvalue weighted by Gasteiger charge is -2.13. The number of aliphatic imine (C=N–C) groups is 1. The first kappa shape index (κ1) is 23.3. The molecule has 2 N–H and O–H groups in total. The minimum atomic E-state index is 0. The molecular weight excluding hydrogens is 545 g/mol. The summed E-state index contributed by atoms with van der Waals surface area (Å²) in [6.07, 6.45) is 4.42. The number of guanidine groups is 1. The average molecular weight is 570 g/mol. The standard InChI is InChI=1S/C20H24BrN7.HI/c1-2-19-27-26-15-28(19)12-11-23-20(25-14-18-5-3-4-10-22-18)24-13-16-6-8-17(21)9-7-16;/h3-10,15H,2,11-14H2,1H3,(H2,23,24,25);1H. The Morgan fingerprint density at radius 2 is 1.97 bits per heavy atom. The van der Waals surface area contributed by atoms with Crippen molar-refractivity contribution in [2.75, 3.05) is 6.54 Å². The van der Waals surface area contributed by atoms with Crippen LogP contribution in [0.5, 0.6) is 0 Å². The van der Waals surface area contributed by atoms with Gasteiger partial charge in [-0.2, -0.15) is 0 Å². The summed E-state index contributed by atoms with van der Waals surface area (Å²) in [5.74, 6) is 1.73. The fourth-order valence-electron chi connectivity index (χ4n) is 2.65. The molecule has 3 aromatic rings. The largest absolute Gasteiger partial charge is 0.355 e. The van der Waals surface area contributed by atoms with Crippen LogP contribution in [0.4, 0.5) is 0 Å². The van der Waals surface area contributed by atoms with E-state index in [0.717, 1.165) is 47.0 Å². The molecule has 0 bridgehead atoms. The number of hydrogen-bond acceptors (Lipinski definition) is 4. The second-order valence-corrected chi connectivity index (χ2v) is 7.10. The van der Waals surface area contributed by atoms with Gasteiger partial charge in [0, 0.05) is 30.2 Å². The van der Waals surface area contributed by atoms with Crippen molar-refractivity contribution in [3.63, 3.8) is 0 Å². The zero-order valence-corrected chi connectivity index (χ0v) is 20.2. The van der Waals surface area contributed by atoms with Gasteiger partial charge >= 0.3 is 0 Å². The number of aromatic nitrogens is 4. The van der Waals surface area contributed by atoms with Crippen molar-refractivity contribution in [3.8, 4) is 0 Å². The molecule has 7 nitrogen and oxygen atoms in total. The molecule has 154 valence electrons. The molecule has 0 aliphatic rings. The van der Waals surface area contributed by atoms with Crippen molar-refractivity contribution >= 4 is 45.9 Å². The Kier molecular flexibility index (Phi) is 10.1. The Labute approximate surface area is 196 Å². The van der Waals surface area contributed by atoms with Crippen LogP contribution in [0.3, 0.4) is 0 Å². The van der Waals surface area contributed by atoms with Crippen molar-refractivity contribution in [2.24, 2.45) is 4.99 Å². The van der Waals surface area contributed by atoms with Gasteiger partial charge in [0.05, 0.1) is 18.8 Å². The molecule has 0 spiro atoms. The Balaban J connectivity index is 0.00000300. The lowest BCUT2D eigenvalue weighted by molar-refractivity contribution is 0.631. The first-order valence-electron chi connectivity index (χ1n) is 9.28. The third-order valence-corrected chi connectivity index (χ3v) is 4.68. The molecule has 2 aromatic heterocycles. The molecular formula is C20H25BrIN7. The fourth-order valence-corrected chi connectivity index (χ4v) is 2.91. The summed E-state index contributed by atoms with van der Waals surface area (Å²) in [7, 11) is 0. The van der Waals surface area contributed by atoms with Crippen LogP contribution in [-0.4, -0.2) is 32.3 Å². The highest BCUT2D eigenvalue weighted by atomic mass is 127. The van der Waals surface area contributed by atoms with Crippen LogP contribution < -0.4 is 10.6 Å². The number of halogens is 2. The van der Waals surface area contributed by atoms with Crippen LogP contribution >= 0.6 is 39.9 Å². The van der Waals surface area contributed by atoms with E-state index >= 15 is 0 Å². The second-order valence-electron chi connectivity index (χ2n) is 6.19. The highest BCUT2D eigenvalue weighted by Gasteiger charge is 2.04. The van der Waals surface area contributed by atoms with Gasteiger partial charge in [-0.25, -0.2) is 4.99 Å². The first-order chi connectivity index (χ1) is 13.7. The van der Waals surface area contributed by atoms with E-state index in [1.165, 1.54) is 0 Å². The summed E-state index contributed by atoms with van der Waals surface area (Å²) in [4.78, 5) is 9.06. The predicted molar refractivity (Wildman–Crippen MR) is 129 cm³/mol. The molecule has 0 fully saturated rings. The molecule has 0 saturated carbocycles. The molecule has 0 aliphatic carbocycles. The molecule has 0 saturated heterocycles. The fraction of sp³-hybridized carbons (Fsp3) is 0.300. The van der Waals surface area contributed by atoms with E-state index in [-0.39, 0.29) is 24.0 Å². The molecule has 0 aliphatic heterocycles. The van der Waals surface area contributed by atoms with E-state index in [1.807, 2.05) is 30.3 Å². The summed E-state index contributed by atoms with van der Waals surface area (Å²) < 4.78 is 3.12. The van der Waals surface area contributed by atoms with Gasteiger partial charge in [-0.3, -0.25) is 4.98 Å². The van der Waals surface area contributed by atoms with Crippen LogP contribution in [0.1, 0.15) is 24.0 Å². The topological polar surface area (TPSA) is 80.0 Å². The molecule has 0 amide bonds. The van der Waals surface area contributed by atoms with Crippen LogP contribution in [0.15, 0.2) is 64.5 Å². The van der Waals surface area contributed by atoms with Gasteiger partial charge in [0.2, 0.25) is 0 Å². The number of pyridine rings is 1. The molecule has 0 radical (unpaired) electrons. The minimum Gasteiger partial charge on any atom is -0.355 e. The van der Waals surface area contributed by atoms with E-state index < -0.39 is 0 Å². The molecule has 0 atom stereocenters. The predicted octanol–water partition coefficient (Wildman–Crippen LogP) is 3.55. The molecule has 3 rings (SSSR count). The summed E-state index contributed by atoms with van der Waals surface area (Å²) in [5, 5.41) is 14.8. The van der Waals surface area contributed by atoms with Crippen molar-refractivity contribution < 1.29 is 0 Å². The van der Waals surface area contributed by atoms with Crippen LogP contribution in [0.2, 0.25) is 0 Å². The number of nitrogens with zero attached hydrogens (tertiary/aromatic N) is 5. The lowest BCUT2D eigenvalue weighted by Crippen LogP contribution is -2.38. The molecule has 1 aromatic carbocycles. The van der Waals surface area contributed by atoms with Gasteiger partial charge in [-0.15, -0.1) is 34.2 Å². The number of nitrogens with one attached hydrogen (secondary N) is 2. The Morgan fingerprint density at radius 1 is 1.14 bits per heavy atom. The van der Waals surface area contributed by atoms with Gasteiger partial charge in [0.25, 0.3) is 0 Å². The van der Waals surface area contributed by atoms with Gasteiger partial charge in [-0.05, 0) is 29.8 Å². The van der Waals surface area contributed by atoms with Crippen molar-refractivity contribution in [1.29, 1.82) is 0 Å². The van der Waals surface area contributed by atoms with E-state index in [4.69, 9.17) is 4.99 Å². The normalized spacial score (nSPS) is 11.0. The van der Waals surface area contributed by atoms with Crippen molar-refractivity contribution in [3.05, 3.63) is 76.5 Å². The third-order valence-electron chi connectivity index (χ3n) is 4.15. The van der Waals surface area contributed by atoms with Crippen LogP contribution in [0.25, 0.3) is 0 Å². The Morgan fingerprint density at radius 3 is 2.69 bits per heavy atom. The zero-order valence-electron chi connectivity index (χ0n) is 16.3. The molecule has 0 unspecified atom stereocenters. The van der Waals surface area contributed by atoms with Crippen LogP contribution in [-0.2, 0) is 26.1 Å². The quantitative estimate of drug-likeness (QED) is 0.246. The maximum absolute atomic E-state index is 4.71. The highest BCUT2D eigenvalue weighted by molar-refractivity contribution is 14.0. The molecule has 29 heavy (non-hydrogen) atoms. The summed E-state index contributed by atoms with van der Waals surface area (Å²) in [6.45, 7) is 4.78. The van der Waals surface area contributed by atoms with E-state index in [9.17, 15) is 0 Å². The maximum Gasteiger partial charge on any atom is 0.191 e. The van der Waals surface area contributed by atoms with E-state index in [2.05, 4.69) is 65.4 Å². The van der Waals surface area contributed by atoms with Gasteiger partial charge in [0.1, 0.15) is 12.2 Å². The number of rotatable bonds is 8. The van der Waals surface area contributed by atoms with E-state index in [0.29, 0.717) is 13.1 Å². The first-order valence-corrected chi connectivity index (χ1v) is 10.1. The van der Waals surface area contributed by atoms with Gasteiger partial charge < -0.3 is 15.2 Å². The number of aryl methyl sites for hydroxylation is 1. The summed E-state index contributed by atoms with van der Waals surface area (Å²) >= 11 is 3.46. The smallest absolute Gasteiger partial charge is 0.191 e. The summed E-state index contributed by atoms with van der Waals surface area (Å²) in [6, 6.07) is 14.1. The number of benzene rings is 1. The monoisotopic (exact) mass is 569 g/mol. The Bertz CT molecular complexity index is 881. The molecule has 2 heterocycles. The Hall–Kier alpha value is -2.01. The van der Waals surface area contributed by atoms with Crippen LogP contribution in [0, 0.1) is 0 Å². The average Bonchev–Trinajstić information content (AvgIpc) is 3.19. The highest BCUT2D eigenvalue weighted by Crippen LogP contribution is 2.11. The second kappa shape index (κ2) is 12.5. The third kappa shape index (κ3) is 7.73. The van der Waals surface area contributed by atoms with Crippen molar-refractivity contribution in [1.82, 2.24) is 30.4 Å². The molecule has 9 heteroatoms. The summed E-state index contributed by atoms with van der Waals surface area (Å²) in [5.41, 5.74) is 2.11. The SMILES string of the molecule is CCc1nncn1CCNC(=NCc1ccc(Br)cc1)NCc1ccccn1.I. The van der Waals surface area contributed by atoms with Gasteiger partial charge in [0.15, 0.2) is 5.96 Å². The maximum atomic E-state index is 4.71. The minimum absolute atomic E-state index is 0. The number of hydrogen-bond donors (Lipinski definition) is 2. The lowest BCUT2D eigenvalue weighted by atomic mass is 10.2. The van der Waals surface area contributed by atoms with Gasteiger partial charge in [-0.1, -0.05) is 41.1 Å².